The van der Waals surface area contributed by atoms with Crippen LogP contribution in [0, 0.1) is 0 Å². The van der Waals surface area contributed by atoms with Gasteiger partial charge in [-0.25, -0.2) is 14.6 Å². The Morgan fingerprint density at radius 1 is 1.00 bits per heavy atom. The van der Waals surface area contributed by atoms with E-state index in [0.29, 0.717) is 43.4 Å². The average molecular weight is 535 g/mol. The molecule has 11 heteroatoms. The van der Waals surface area contributed by atoms with Gasteiger partial charge in [0.25, 0.3) is 0 Å². The van der Waals surface area contributed by atoms with Gasteiger partial charge in [0.1, 0.15) is 17.2 Å². The third-order valence-corrected chi connectivity index (χ3v) is 6.86. The number of amides is 4. The summed E-state index contributed by atoms with van der Waals surface area (Å²) in [4.78, 5) is 50.1. The van der Waals surface area contributed by atoms with Gasteiger partial charge in [-0.15, -0.1) is 0 Å². The summed E-state index contributed by atoms with van der Waals surface area (Å²) in [6.45, 7) is 8.39. The average Bonchev–Trinajstić information content (AvgIpc) is 3.35. The molecule has 4 amide bonds. The van der Waals surface area contributed by atoms with Crippen molar-refractivity contribution in [1.29, 1.82) is 0 Å². The highest BCUT2D eigenvalue weighted by molar-refractivity contribution is 6.05. The minimum atomic E-state index is -0.535. The fourth-order valence-corrected chi connectivity index (χ4v) is 4.86. The number of fused-ring (bicyclic) bond motifs is 1. The second kappa shape index (κ2) is 10.5. The Morgan fingerprint density at radius 2 is 1.72 bits per heavy atom. The first-order valence-electron chi connectivity index (χ1n) is 13.1. The van der Waals surface area contributed by atoms with Gasteiger partial charge in [0, 0.05) is 45.3 Å². The lowest BCUT2D eigenvalue weighted by molar-refractivity contribution is -0.129. The van der Waals surface area contributed by atoms with Crippen LogP contribution in [-0.2, 0) is 16.1 Å². The lowest BCUT2D eigenvalue weighted by Gasteiger charge is -2.37. The van der Waals surface area contributed by atoms with Crippen molar-refractivity contribution in [1.82, 2.24) is 19.2 Å². The van der Waals surface area contributed by atoms with Gasteiger partial charge < -0.3 is 19.3 Å². The molecule has 2 saturated heterocycles. The molecule has 0 radical (unpaired) electrons. The summed E-state index contributed by atoms with van der Waals surface area (Å²) in [6.07, 6.45) is 3.47. The maximum Gasteiger partial charge on any atom is 0.410 e. The molecule has 0 aliphatic carbocycles. The van der Waals surface area contributed by atoms with Crippen molar-refractivity contribution in [3.8, 4) is 5.75 Å². The fourth-order valence-electron chi connectivity index (χ4n) is 4.86. The van der Waals surface area contributed by atoms with E-state index >= 15 is 0 Å². The zero-order valence-corrected chi connectivity index (χ0v) is 22.8. The first-order chi connectivity index (χ1) is 18.6. The van der Waals surface area contributed by atoms with Crippen LogP contribution in [0.4, 0.5) is 21.1 Å². The van der Waals surface area contributed by atoms with Crippen LogP contribution < -0.4 is 14.5 Å². The molecule has 39 heavy (non-hydrogen) atoms. The Kier molecular flexibility index (Phi) is 7.07. The number of pyridine rings is 1. The summed E-state index contributed by atoms with van der Waals surface area (Å²) in [5, 5.41) is 0. The molecule has 4 heterocycles. The number of hydrogen-bond acceptors (Lipinski definition) is 7. The third-order valence-electron chi connectivity index (χ3n) is 6.86. The molecule has 206 valence electrons. The smallest absolute Gasteiger partial charge is 0.410 e. The summed E-state index contributed by atoms with van der Waals surface area (Å²) in [7, 11) is 1.59. The van der Waals surface area contributed by atoms with Gasteiger partial charge in [-0.2, -0.15) is 0 Å². The van der Waals surface area contributed by atoms with Crippen molar-refractivity contribution in [3.63, 3.8) is 0 Å². The van der Waals surface area contributed by atoms with E-state index in [4.69, 9.17) is 9.47 Å². The molecule has 0 unspecified atom stereocenters. The van der Waals surface area contributed by atoms with Gasteiger partial charge in [0.05, 0.1) is 25.5 Å². The Labute approximate surface area is 227 Å². The molecule has 0 bridgehead atoms. The number of piperazine rings is 1. The van der Waals surface area contributed by atoms with Gasteiger partial charge >= 0.3 is 12.1 Å². The van der Waals surface area contributed by atoms with Gasteiger partial charge in [-0.05, 0) is 50.6 Å². The number of nitrogens with zero attached hydrogens (tertiary/aromatic N) is 6. The largest absolute Gasteiger partial charge is 0.497 e. The van der Waals surface area contributed by atoms with E-state index < -0.39 is 5.60 Å². The standard InChI is InChI=1S/C28H34N6O5/c1-28(2,3)39-27(37)31-16-14-30(15-17-31)22-6-5-12-32-23(18-29-25(22)32)33-13-11-24(35)34(26(33)36)19-20-7-9-21(38-4)10-8-20/h5-10,12,18H,11,13-17,19H2,1-4H3. The summed E-state index contributed by atoms with van der Waals surface area (Å²) in [5.41, 5.74) is 1.94. The van der Waals surface area contributed by atoms with Gasteiger partial charge in [-0.1, -0.05) is 12.1 Å². The normalized spacial score (nSPS) is 16.7. The van der Waals surface area contributed by atoms with Crippen molar-refractivity contribution in [2.24, 2.45) is 0 Å². The first kappa shape index (κ1) is 26.3. The predicted octanol–water partition coefficient (Wildman–Crippen LogP) is 3.76. The van der Waals surface area contributed by atoms with E-state index in [0.717, 1.165) is 11.3 Å². The molecular weight excluding hydrogens is 500 g/mol. The van der Waals surface area contributed by atoms with E-state index in [-0.39, 0.29) is 37.5 Å². The Bertz CT molecular complexity index is 1370. The van der Waals surface area contributed by atoms with Gasteiger partial charge in [0.15, 0.2) is 5.65 Å². The Hall–Kier alpha value is -4.28. The zero-order chi connectivity index (χ0) is 27.7. The second-order valence-corrected chi connectivity index (χ2v) is 10.7. The van der Waals surface area contributed by atoms with E-state index in [1.165, 1.54) is 4.90 Å². The van der Waals surface area contributed by atoms with Crippen LogP contribution in [0.1, 0.15) is 32.8 Å². The van der Waals surface area contributed by atoms with E-state index in [1.54, 1.807) is 23.1 Å². The first-order valence-corrected chi connectivity index (χ1v) is 13.1. The number of imide groups is 1. The van der Waals surface area contributed by atoms with Crippen molar-refractivity contribution in [2.45, 2.75) is 39.3 Å². The molecule has 2 aromatic heterocycles. The number of carbonyl (C=O) groups is 3. The van der Waals surface area contributed by atoms with Gasteiger partial charge in [0.2, 0.25) is 5.91 Å². The minimum absolute atomic E-state index is 0.183. The van der Waals surface area contributed by atoms with Crippen LogP contribution in [0.25, 0.3) is 5.65 Å². The van der Waals surface area contributed by atoms with Gasteiger partial charge in [-0.3, -0.25) is 19.0 Å². The molecule has 0 spiro atoms. The number of imidazole rings is 1. The number of urea groups is 1. The van der Waals surface area contributed by atoms with Crippen LogP contribution in [0.2, 0.25) is 0 Å². The number of methoxy groups -OCH3 is 1. The number of aromatic nitrogens is 2. The molecule has 1 aromatic carbocycles. The molecule has 3 aromatic rings. The van der Waals surface area contributed by atoms with Crippen LogP contribution in [0.3, 0.4) is 0 Å². The molecule has 2 aliphatic heterocycles. The number of rotatable bonds is 5. The predicted molar refractivity (Wildman–Crippen MR) is 146 cm³/mol. The minimum Gasteiger partial charge on any atom is -0.497 e. The Morgan fingerprint density at radius 3 is 2.38 bits per heavy atom. The van der Waals surface area contributed by atoms with Crippen molar-refractivity contribution in [2.75, 3.05) is 49.6 Å². The summed E-state index contributed by atoms with van der Waals surface area (Å²) in [6, 6.07) is 10.9. The molecule has 0 atom stereocenters. The number of benzene rings is 1. The summed E-state index contributed by atoms with van der Waals surface area (Å²) in [5.74, 6) is 1.12. The molecule has 0 saturated carbocycles. The molecule has 0 N–H and O–H groups in total. The maximum absolute atomic E-state index is 13.5. The monoisotopic (exact) mass is 534 g/mol. The van der Waals surface area contributed by atoms with E-state index in [2.05, 4.69) is 9.88 Å². The second-order valence-electron chi connectivity index (χ2n) is 10.7. The molecule has 2 aliphatic rings. The highest BCUT2D eigenvalue weighted by atomic mass is 16.6. The molecular formula is C28H34N6O5. The molecule has 5 rings (SSSR count). The van der Waals surface area contributed by atoms with Crippen molar-refractivity contribution >= 4 is 35.2 Å². The molecule has 2 fully saturated rings. The number of anilines is 2. The molecule has 11 nitrogen and oxygen atoms in total. The zero-order valence-electron chi connectivity index (χ0n) is 22.8. The number of carbonyl (C=O) groups excluding carboxylic acids is 3. The SMILES string of the molecule is COc1ccc(CN2C(=O)CCN(c3cnc4c(N5CCN(C(=O)OC(C)(C)C)CC5)cccn34)C2=O)cc1. The van der Waals surface area contributed by atoms with Crippen LogP contribution >= 0.6 is 0 Å². The fraction of sp³-hybridized carbons (Fsp3) is 0.429. The number of hydrogen-bond donors (Lipinski definition) is 0. The van der Waals surface area contributed by atoms with Crippen LogP contribution in [-0.4, -0.2) is 82.7 Å². The summed E-state index contributed by atoms with van der Waals surface area (Å²) >= 11 is 0. The lowest BCUT2D eigenvalue weighted by atomic mass is 10.2. The van der Waals surface area contributed by atoms with E-state index in [1.807, 2.05) is 67.8 Å². The highest BCUT2D eigenvalue weighted by Gasteiger charge is 2.35. The van der Waals surface area contributed by atoms with E-state index in [9.17, 15) is 14.4 Å². The summed E-state index contributed by atoms with van der Waals surface area (Å²) < 4.78 is 12.6. The Balaban J connectivity index is 1.32. The highest BCUT2D eigenvalue weighted by Crippen LogP contribution is 2.29. The quantitative estimate of drug-likeness (QED) is 0.491. The third kappa shape index (κ3) is 5.47. The topological polar surface area (TPSA) is 99.9 Å². The number of ether oxygens (including phenoxy) is 2. The van der Waals surface area contributed by atoms with Crippen LogP contribution in [0.15, 0.2) is 48.8 Å². The maximum atomic E-state index is 13.5. The van der Waals surface area contributed by atoms with Crippen molar-refractivity contribution < 1.29 is 23.9 Å². The lowest BCUT2D eigenvalue weighted by Crippen LogP contribution is -2.52. The van der Waals surface area contributed by atoms with Crippen molar-refractivity contribution in [3.05, 3.63) is 54.4 Å². The van der Waals surface area contributed by atoms with Crippen LogP contribution in [0.5, 0.6) is 5.75 Å².